The quantitative estimate of drug-likeness (QED) is 0.596. The molecule has 154 valence electrons. The topological polar surface area (TPSA) is 78.7 Å². The van der Waals surface area contributed by atoms with Crippen LogP contribution in [0.15, 0.2) is 42.5 Å². The lowest BCUT2D eigenvalue weighted by Gasteiger charge is -2.38. The highest BCUT2D eigenvalue weighted by Crippen LogP contribution is 2.23. The molecule has 0 aromatic heterocycles. The molecule has 1 unspecified atom stereocenters. The van der Waals surface area contributed by atoms with E-state index in [-0.39, 0.29) is 29.0 Å². The number of carbonyl (C=O) groups is 1. The number of nitro groups is 1. The molecule has 1 aliphatic heterocycles. The van der Waals surface area contributed by atoms with Crippen LogP contribution in [0.1, 0.15) is 27.5 Å². The molecular weight excluding hydrogens is 375 g/mol. The van der Waals surface area contributed by atoms with E-state index in [1.54, 1.807) is 31.2 Å². The highest BCUT2D eigenvalue weighted by Gasteiger charge is 2.25. The summed E-state index contributed by atoms with van der Waals surface area (Å²) in [5.41, 5.74) is 1.60. The SMILES string of the molecule is Cc1ccc(C(=O)NCC(c2ccc(F)cc2)N2CCN(C)CC2)cc1[N+](=O)[O-]. The van der Waals surface area contributed by atoms with Crippen LogP contribution in [0.25, 0.3) is 0 Å². The van der Waals surface area contributed by atoms with Crippen LogP contribution in [0.4, 0.5) is 10.1 Å². The first-order valence-corrected chi connectivity index (χ1v) is 9.56. The molecule has 1 N–H and O–H groups in total. The second-order valence-corrected chi connectivity index (χ2v) is 7.37. The molecule has 7 nitrogen and oxygen atoms in total. The Balaban J connectivity index is 1.75. The number of likely N-dealkylation sites (N-methyl/N-ethyl adjacent to an activating group) is 1. The lowest BCUT2D eigenvalue weighted by molar-refractivity contribution is -0.385. The Labute approximate surface area is 169 Å². The first-order chi connectivity index (χ1) is 13.8. The van der Waals surface area contributed by atoms with Gasteiger partial charge in [-0.05, 0) is 37.7 Å². The average molecular weight is 400 g/mol. The van der Waals surface area contributed by atoms with Crippen LogP contribution in [-0.2, 0) is 0 Å². The molecule has 0 bridgehead atoms. The second kappa shape index (κ2) is 9.11. The van der Waals surface area contributed by atoms with Crippen LogP contribution in [0.3, 0.4) is 0 Å². The van der Waals surface area contributed by atoms with Gasteiger partial charge in [-0.1, -0.05) is 18.2 Å². The number of nitrogens with one attached hydrogen (secondary N) is 1. The molecule has 8 heteroatoms. The minimum atomic E-state index is -0.488. The Morgan fingerprint density at radius 1 is 1.17 bits per heavy atom. The zero-order chi connectivity index (χ0) is 21.0. The highest BCUT2D eigenvalue weighted by molar-refractivity contribution is 5.95. The first-order valence-electron chi connectivity index (χ1n) is 9.56. The molecule has 0 radical (unpaired) electrons. The van der Waals surface area contributed by atoms with Crippen molar-refractivity contribution in [2.45, 2.75) is 13.0 Å². The van der Waals surface area contributed by atoms with Gasteiger partial charge in [-0.25, -0.2) is 4.39 Å². The van der Waals surface area contributed by atoms with Crippen molar-refractivity contribution in [2.24, 2.45) is 0 Å². The number of amides is 1. The number of piperazine rings is 1. The predicted octanol–water partition coefficient (Wildman–Crippen LogP) is 2.76. The van der Waals surface area contributed by atoms with Gasteiger partial charge in [0.25, 0.3) is 11.6 Å². The molecule has 1 saturated heterocycles. The van der Waals surface area contributed by atoms with Crippen molar-refractivity contribution >= 4 is 11.6 Å². The first kappa shape index (κ1) is 20.9. The van der Waals surface area contributed by atoms with E-state index in [0.29, 0.717) is 12.1 Å². The van der Waals surface area contributed by atoms with Crippen molar-refractivity contribution in [2.75, 3.05) is 39.8 Å². The number of rotatable bonds is 6. The van der Waals surface area contributed by atoms with Crippen LogP contribution in [0.5, 0.6) is 0 Å². The molecule has 0 saturated carbocycles. The molecule has 3 rings (SSSR count). The Morgan fingerprint density at radius 3 is 2.45 bits per heavy atom. The average Bonchev–Trinajstić information content (AvgIpc) is 2.70. The summed E-state index contributed by atoms with van der Waals surface area (Å²) in [5.74, 6) is -0.670. The third-order valence-electron chi connectivity index (χ3n) is 5.36. The van der Waals surface area contributed by atoms with Gasteiger partial charge in [0.2, 0.25) is 0 Å². The van der Waals surface area contributed by atoms with Gasteiger partial charge in [-0.3, -0.25) is 19.8 Å². The number of halogens is 1. The van der Waals surface area contributed by atoms with Crippen LogP contribution >= 0.6 is 0 Å². The zero-order valence-corrected chi connectivity index (χ0v) is 16.6. The largest absolute Gasteiger partial charge is 0.350 e. The maximum absolute atomic E-state index is 13.4. The van der Waals surface area contributed by atoms with E-state index in [0.717, 1.165) is 31.7 Å². The summed E-state index contributed by atoms with van der Waals surface area (Å²) in [6.07, 6.45) is 0. The van der Waals surface area contributed by atoms with Gasteiger partial charge in [0.15, 0.2) is 0 Å². The maximum atomic E-state index is 13.4. The molecule has 0 spiro atoms. The van der Waals surface area contributed by atoms with Gasteiger partial charge in [-0.2, -0.15) is 0 Å². The van der Waals surface area contributed by atoms with Gasteiger partial charge < -0.3 is 10.2 Å². The van der Waals surface area contributed by atoms with Crippen LogP contribution in [0.2, 0.25) is 0 Å². The number of hydrogen-bond donors (Lipinski definition) is 1. The number of nitrogens with zero attached hydrogens (tertiary/aromatic N) is 3. The van der Waals surface area contributed by atoms with E-state index in [1.165, 1.54) is 18.2 Å². The van der Waals surface area contributed by atoms with Crippen LogP contribution < -0.4 is 5.32 Å². The fraction of sp³-hybridized carbons (Fsp3) is 0.381. The number of hydrogen-bond acceptors (Lipinski definition) is 5. The minimum absolute atomic E-state index is 0.0770. The fourth-order valence-corrected chi connectivity index (χ4v) is 3.52. The van der Waals surface area contributed by atoms with E-state index in [4.69, 9.17) is 0 Å². The normalized spacial score (nSPS) is 16.4. The van der Waals surface area contributed by atoms with Crippen molar-refractivity contribution in [3.05, 3.63) is 75.1 Å². The van der Waals surface area contributed by atoms with Gasteiger partial charge in [0, 0.05) is 49.9 Å². The Hall–Kier alpha value is -2.84. The maximum Gasteiger partial charge on any atom is 0.273 e. The van der Waals surface area contributed by atoms with E-state index < -0.39 is 4.92 Å². The van der Waals surface area contributed by atoms with E-state index in [9.17, 15) is 19.3 Å². The van der Waals surface area contributed by atoms with Crippen molar-refractivity contribution in [1.29, 1.82) is 0 Å². The molecule has 2 aromatic rings. The lowest BCUT2D eigenvalue weighted by Crippen LogP contribution is -2.48. The Morgan fingerprint density at radius 2 is 1.83 bits per heavy atom. The molecule has 1 amide bonds. The standard InChI is InChI=1S/C21H25FN4O3/c1-15-3-4-17(13-19(15)26(28)29)21(27)23-14-20(16-5-7-18(22)8-6-16)25-11-9-24(2)10-12-25/h3-8,13,20H,9-12,14H2,1-2H3,(H,23,27). The fourth-order valence-electron chi connectivity index (χ4n) is 3.52. The zero-order valence-electron chi connectivity index (χ0n) is 16.6. The van der Waals surface area contributed by atoms with Gasteiger partial charge in [0.1, 0.15) is 5.82 Å². The summed E-state index contributed by atoms with van der Waals surface area (Å²) in [5, 5.41) is 14.0. The van der Waals surface area contributed by atoms with Crippen molar-refractivity contribution < 1.29 is 14.1 Å². The Bertz CT molecular complexity index is 880. The molecule has 1 fully saturated rings. The third-order valence-corrected chi connectivity index (χ3v) is 5.36. The van der Waals surface area contributed by atoms with E-state index in [2.05, 4.69) is 22.2 Å². The monoisotopic (exact) mass is 400 g/mol. The summed E-state index contributed by atoms with van der Waals surface area (Å²) in [6.45, 7) is 5.47. The van der Waals surface area contributed by atoms with E-state index >= 15 is 0 Å². The number of benzene rings is 2. The molecule has 1 atom stereocenters. The summed E-state index contributed by atoms with van der Waals surface area (Å²) in [7, 11) is 2.07. The second-order valence-electron chi connectivity index (χ2n) is 7.37. The number of carbonyl (C=O) groups excluding carboxylic acids is 1. The summed E-state index contributed by atoms with van der Waals surface area (Å²) in [4.78, 5) is 27.8. The summed E-state index contributed by atoms with van der Waals surface area (Å²) >= 11 is 0. The molecule has 29 heavy (non-hydrogen) atoms. The molecule has 0 aliphatic carbocycles. The molecule has 2 aromatic carbocycles. The number of nitro benzene ring substituents is 1. The van der Waals surface area contributed by atoms with Crippen LogP contribution in [-0.4, -0.2) is 60.4 Å². The van der Waals surface area contributed by atoms with Gasteiger partial charge in [0.05, 0.1) is 11.0 Å². The third kappa shape index (κ3) is 5.16. The number of aryl methyl sites for hydroxylation is 1. The summed E-state index contributed by atoms with van der Waals surface area (Å²) < 4.78 is 13.4. The smallest absolute Gasteiger partial charge is 0.273 e. The summed E-state index contributed by atoms with van der Waals surface area (Å²) in [6, 6.07) is 10.7. The molecule has 1 aliphatic rings. The molecule has 1 heterocycles. The van der Waals surface area contributed by atoms with Crippen molar-refractivity contribution in [1.82, 2.24) is 15.1 Å². The minimum Gasteiger partial charge on any atom is -0.350 e. The molecular formula is C21H25FN4O3. The van der Waals surface area contributed by atoms with Gasteiger partial charge >= 0.3 is 0 Å². The predicted molar refractivity (Wildman–Crippen MR) is 108 cm³/mol. The lowest BCUT2D eigenvalue weighted by atomic mass is 10.0. The highest BCUT2D eigenvalue weighted by atomic mass is 19.1. The Kier molecular flexibility index (Phi) is 6.56. The van der Waals surface area contributed by atoms with Crippen LogP contribution in [0, 0.1) is 22.9 Å². The van der Waals surface area contributed by atoms with Gasteiger partial charge in [-0.15, -0.1) is 0 Å². The van der Waals surface area contributed by atoms with Crippen molar-refractivity contribution in [3.8, 4) is 0 Å². The van der Waals surface area contributed by atoms with Crippen molar-refractivity contribution in [3.63, 3.8) is 0 Å². The van der Waals surface area contributed by atoms with E-state index in [1.807, 2.05) is 0 Å².